The summed E-state index contributed by atoms with van der Waals surface area (Å²) in [7, 11) is -4.14. The average Bonchev–Trinajstić information content (AvgIpc) is 2.99. The minimum Gasteiger partial charge on any atom is -0.355 e. The summed E-state index contributed by atoms with van der Waals surface area (Å²) in [6.07, 6.45) is 0.276. The van der Waals surface area contributed by atoms with Gasteiger partial charge in [-0.05, 0) is 69.5 Å². The van der Waals surface area contributed by atoms with Gasteiger partial charge in [0.2, 0.25) is 11.8 Å². The quantitative estimate of drug-likeness (QED) is 0.216. The number of carbonyl (C=O) groups excluding carboxylic acids is 2. The second-order valence-corrected chi connectivity index (χ2v) is 13.1. The van der Waals surface area contributed by atoms with Crippen LogP contribution in [0.3, 0.4) is 0 Å². The standard InChI is InChI=1S/C36H41N3O4S/c1-6-37-36(41)34(23-30-12-8-7-9-13-30)38(24-31-14-10-11-27(3)22-31)35(40)25-39(33-20-17-28(4)21-29(33)5)44(42,43)32-18-15-26(2)16-19-32/h7-22,34H,6,23-25H2,1-5H3,(H,37,41). The number of amides is 2. The number of benzene rings is 4. The van der Waals surface area contributed by atoms with E-state index in [1.54, 1.807) is 30.3 Å². The highest BCUT2D eigenvalue weighted by atomic mass is 32.2. The zero-order chi connectivity index (χ0) is 31.9. The minimum absolute atomic E-state index is 0.0886. The van der Waals surface area contributed by atoms with Crippen molar-refractivity contribution in [3.05, 3.63) is 130 Å². The van der Waals surface area contributed by atoms with Gasteiger partial charge in [0.1, 0.15) is 12.6 Å². The highest BCUT2D eigenvalue weighted by Gasteiger charge is 2.35. The van der Waals surface area contributed by atoms with E-state index < -0.39 is 28.5 Å². The number of carbonyl (C=O) groups is 2. The number of nitrogens with one attached hydrogen (secondary N) is 1. The molecular weight excluding hydrogens is 570 g/mol. The fourth-order valence-electron chi connectivity index (χ4n) is 5.29. The first-order valence-electron chi connectivity index (χ1n) is 14.8. The van der Waals surface area contributed by atoms with Crippen molar-refractivity contribution in [3.63, 3.8) is 0 Å². The summed E-state index contributed by atoms with van der Waals surface area (Å²) < 4.78 is 29.6. The third-order valence-electron chi connectivity index (χ3n) is 7.57. The first-order chi connectivity index (χ1) is 21.0. The Hall–Kier alpha value is -4.43. The number of hydrogen-bond donors (Lipinski definition) is 1. The van der Waals surface area contributed by atoms with E-state index in [-0.39, 0.29) is 23.8 Å². The topological polar surface area (TPSA) is 86.8 Å². The first-order valence-corrected chi connectivity index (χ1v) is 16.3. The molecule has 2 amide bonds. The van der Waals surface area contributed by atoms with Crippen LogP contribution in [-0.4, -0.2) is 44.3 Å². The van der Waals surface area contributed by atoms with Gasteiger partial charge < -0.3 is 10.2 Å². The van der Waals surface area contributed by atoms with Crippen molar-refractivity contribution in [2.45, 2.75) is 58.5 Å². The molecule has 4 aromatic carbocycles. The molecule has 1 atom stereocenters. The van der Waals surface area contributed by atoms with Gasteiger partial charge in [0, 0.05) is 19.5 Å². The molecule has 0 aromatic heterocycles. The van der Waals surface area contributed by atoms with Crippen LogP contribution in [0.1, 0.15) is 40.3 Å². The lowest BCUT2D eigenvalue weighted by atomic mass is 10.0. The molecule has 4 rings (SSSR count). The van der Waals surface area contributed by atoms with Gasteiger partial charge in [-0.25, -0.2) is 8.42 Å². The summed E-state index contributed by atoms with van der Waals surface area (Å²) in [6, 6.07) is 28.5. The molecule has 0 spiro atoms. The molecular formula is C36H41N3O4S. The Balaban J connectivity index is 1.82. The lowest BCUT2D eigenvalue weighted by Gasteiger charge is -2.34. The molecule has 0 bridgehead atoms. The van der Waals surface area contributed by atoms with E-state index in [1.165, 1.54) is 9.21 Å². The second-order valence-electron chi connectivity index (χ2n) is 11.2. The Morgan fingerprint density at radius 1 is 0.750 bits per heavy atom. The van der Waals surface area contributed by atoms with Crippen molar-refractivity contribution in [2.75, 3.05) is 17.4 Å². The van der Waals surface area contributed by atoms with Crippen LogP contribution >= 0.6 is 0 Å². The predicted octanol–water partition coefficient (Wildman–Crippen LogP) is 5.89. The highest BCUT2D eigenvalue weighted by molar-refractivity contribution is 7.92. The maximum Gasteiger partial charge on any atom is 0.264 e. The summed E-state index contributed by atoms with van der Waals surface area (Å²) >= 11 is 0. The number of nitrogens with zero attached hydrogens (tertiary/aromatic N) is 2. The summed E-state index contributed by atoms with van der Waals surface area (Å²) in [5.41, 5.74) is 5.80. The van der Waals surface area contributed by atoms with Crippen LogP contribution < -0.4 is 9.62 Å². The molecule has 44 heavy (non-hydrogen) atoms. The average molecular weight is 612 g/mol. The van der Waals surface area contributed by atoms with Gasteiger partial charge in [0.25, 0.3) is 10.0 Å². The Kier molecular flexibility index (Phi) is 10.6. The molecule has 1 N–H and O–H groups in total. The van der Waals surface area contributed by atoms with Gasteiger partial charge in [0.05, 0.1) is 10.6 Å². The van der Waals surface area contributed by atoms with Crippen molar-refractivity contribution >= 4 is 27.5 Å². The molecule has 0 heterocycles. The zero-order valence-electron chi connectivity index (χ0n) is 26.1. The Morgan fingerprint density at radius 3 is 2.02 bits per heavy atom. The van der Waals surface area contributed by atoms with Crippen LogP contribution in [0.15, 0.2) is 102 Å². The molecule has 0 aliphatic heterocycles. The normalized spacial score (nSPS) is 11.9. The van der Waals surface area contributed by atoms with Gasteiger partial charge in [0.15, 0.2) is 0 Å². The van der Waals surface area contributed by atoms with Gasteiger partial charge in [-0.15, -0.1) is 0 Å². The Labute approximate surface area is 261 Å². The largest absolute Gasteiger partial charge is 0.355 e. The number of aryl methyl sites for hydroxylation is 4. The first kappa shape index (κ1) is 32.5. The summed E-state index contributed by atoms with van der Waals surface area (Å²) in [5, 5.41) is 2.90. The van der Waals surface area contributed by atoms with Crippen LogP contribution in [0.5, 0.6) is 0 Å². The summed E-state index contributed by atoms with van der Waals surface area (Å²) in [5.74, 6) is -0.772. The van der Waals surface area contributed by atoms with Crippen LogP contribution in [0.25, 0.3) is 0 Å². The number of sulfonamides is 1. The number of hydrogen-bond acceptors (Lipinski definition) is 4. The van der Waals surface area contributed by atoms with Gasteiger partial charge in [-0.1, -0.05) is 95.6 Å². The SMILES string of the molecule is CCNC(=O)C(Cc1ccccc1)N(Cc1cccc(C)c1)C(=O)CN(c1ccc(C)cc1C)S(=O)(=O)c1ccc(C)cc1. The molecule has 8 heteroatoms. The van der Waals surface area contributed by atoms with Crippen molar-refractivity contribution < 1.29 is 18.0 Å². The maximum absolute atomic E-state index is 14.5. The van der Waals surface area contributed by atoms with E-state index in [0.717, 1.165) is 33.4 Å². The molecule has 0 saturated carbocycles. The minimum atomic E-state index is -4.14. The third-order valence-corrected chi connectivity index (χ3v) is 9.34. The molecule has 0 aliphatic rings. The second kappa shape index (κ2) is 14.4. The number of likely N-dealkylation sites (N-methyl/N-ethyl adjacent to an activating group) is 1. The van der Waals surface area contributed by atoms with Gasteiger partial charge in [-0.2, -0.15) is 0 Å². The Morgan fingerprint density at radius 2 is 1.39 bits per heavy atom. The van der Waals surface area contributed by atoms with Crippen molar-refractivity contribution in [1.82, 2.24) is 10.2 Å². The zero-order valence-corrected chi connectivity index (χ0v) is 26.9. The lowest BCUT2D eigenvalue weighted by molar-refractivity contribution is -0.140. The monoisotopic (exact) mass is 611 g/mol. The number of rotatable bonds is 12. The van der Waals surface area contributed by atoms with Crippen LogP contribution in [0, 0.1) is 27.7 Å². The van der Waals surface area contributed by atoms with Crippen molar-refractivity contribution in [1.29, 1.82) is 0 Å². The lowest BCUT2D eigenvalue weighted by Crippen LogP contribution is -2.53. The van der Waals surface area contributed by atoms with E-state index in [9.17, 15) is 18.0 Å². The van der Waals surface area contributed by atoms with Crippen molar-refractivity contribution in [2.24, 2.45) is 0 Å². The smallest absolute Gasteiger partial charge is 0.264 e. The Bertz CT molecular complexity index is 1700. The fourth-order valence-corrected chi connectivity index (χ4v) is 6.77. The van der Waals surface area contributed by atoms with Crippen LogP contribution in [0.4, 0.5) is 5.69 Å². The van der Waals surface area contributed by atoms with Crippen LogP contribution in [-0.2, 0) is 32.6 Å². The molecule has 0 saturated heterocycles. The van der Waals surface area contributed by atoms with Crippen molar-refractivity contribution in [3.8, 4) is 0 Å². The van der Waals surface area contributed by atoms with E-state index in [0.29, 0.717) is 12.2 Å². The van der Waals surface area contributed by atoms with E-state index in [1.807, 2.05) is 101 Å². The molecule has 0 radical (unpaired) electrons. The van der Waals surface area contributed by atoms with E-state index >= 15 is 0 Å². The molecule has 0 fully saturated rings. The van der Waals surface area contributed by atoms with Crippen LogP contribution in [0.2, 0.25) is 0 Å². The van der Waals surface area contributed by atoms with E-state index in [2.05, 4.69) is 5.32 Å². The maximum atomic E-state index is 14.5. The van der Waals surface area contributed by atoms with Gasteiger partial charge >= 0.3 is 0 Å². The molecule has 7 nitrogen and oxygen atoms in total. The molecule has 230 valence electrons. The fraction of sp³-hybridized carbons (Fsp3) is 0.278. The van der Waals surface area contributed by atoms with Gasteiger partial charge in [-0.3, -0.25) is 13.9 Å². The summed E-state index contributed by atoms with van der Waals surface area (Å²) in [4.78, 5) is 29.7. The molecule has 4 aromatic rings. The summed E-state index contributed by atoms with van der Waals surface area (Å²) in [6.45, 7) is 9.52. The van der Waals surface area contributed by atoms with E-state index in [4.69, 9.17) is 0 Å². The molecule has 0 aliphatic carbocycles. The highest BCUT2D eigenvalue weighted by Crippen LogP contribution is 2.29. The molecule has 1 unspecified atom stereocenters. The third kappa shape index (κ3) is 7.94. The predicted molar refractivity (Wildman–Crippen MR) is 176 cm³/mol. The number of anilines is 1.